The lowest BCUT2D eigenvalue weighted by Crippen LogP contribution is -2.02. The van der Waals surface area contributed by atoms with E-state index in [-0.39, 0.29) is 18.2 Å². The molecule has 20 heavy (non-hydrogen) atoms. The van der Waals surface area contributed by atoms with Crippen LogP contribution in [0.5, 0.6) is 0 Å². The van der Waals surface area contributed by atoms with Crippen molar-refractivity contribution in [2.75, 3.05) is 7.11 Å². The lowest BCUT2D eigenvalue weighted by atomic mass is 10.0. The zero-order valence-corrected chi connectivity index (χ0v) is 12.5. The van der Waals surface area contributed by atoms with Gasteiger partial charge in [0, 0.05) is 10.4 Å². The van der Waals surface area contributed by atoms with Crippen molar-refractivity contribution < 1.29 is 14.3 Å². The van der Waals surface area contributed by atoms with Gasteiger partial charge in [0.25, 0.3) is 0 Å². The van der Waals surface area contributed by atoms with Crippen molar-refractivity contribution in [3.63, 3.8) is 0 Å². The molecule has 3 nitrogen and oxygen atoms in total. The van der Waals surface area contributed by atoms with Gasteiger partial charge in [0.2, 0.25) is 5.78 Å². The third-order valence-electron chi connectivity index (χ3n) is 2.92. The molecule has 1 aromatic heterocycles. The average molecular weight is 288 g/mol. The molecule has 1 heterocycles. The minimum atomic E-state index is -0.294. The number of methoxy groups -OCH3 is 1. The molecule has 0 aliphatic rings. The quantitative estimate of drug-likeness (QED) is 0.640. The molecule has 0 unspecified atom stereocenters. The number of ether oxygens (including phenoxy) is 1. The molecular formula is C16H16O3S. The van der Waals surface area contributed by atoms with Crippen molar-refractivity contribution in [3.8, 4) is 0 Å². The minimum Gasteiger partial charge on any atom is -0.469 e. The Hall–Kier alpha value is -1.94. The van der Waals surface area contributed by atoms with Gasteiger partial charge < -0.3 is 4.74 Å². The first-order valence-corrected chi connectivity index (χ1v) is 7.10. The van der Waals surface area contributed by atoms with Gasteiger partial charge in [-0.05, 0) is 38.1 Å². The van der Waals surface area contributed by atoms with Crippen molar-refractivity contribution in [2.24, 2.45) is 0 Å². The zero-order chi connectivity index (χ0) is 14.7. The minimum absolute atomic E-state index is 0.00193. The number of thiophene rings is 1. The summed E-state index contributed by atoms with van der Waals surface area (Å²) in [5, 5.41) is 0. The van der Waals surface area contributed by atoms with E-state index < -0.39 is 0 Å². The number of carbonyl (C=O) groups is 2. The fourth-order valence-corrected chi connectivity index (χ4v) is 3.01. The summed E-state index contributed by atoms with van der Waals surface area (Å²) in [6, 6.07) is 9.37. The van der Waals surface area contributed by atoms with Crippen molar-refractivity contribution in [2.45, 2.75) is 20.3 Å². The molecule has 0 bridgehead atoms. The second-order valence-electron chi connectivity index (χ2n) is 4.72. The molecule has 1 aromatic carbocycles. The lowest BCUT2D eigenvalue weighted by Gasteiger charge is -2.02. The highest BCUT2D eigenvalue weighted by Gasteiger charge is 2.14. The molecule has 0 atom stereocenters. The number of aryl methyl sites for hydroxylation is 2. The van der Waals surface area contributed by atoms with Gasteiger partial charge in [-0.1, -0.05) is 17.2 Å². The Morgan fingerprint density at radius 1 is 1.10 bits per heavy atom. The van der Waals surface area contributed by atoms with Crippen LogP contribution >= 0.6 is 11.3 Å². The molecule has 0 fully saturated rings. The van der Waals surface area contributed by atoms with E-state index in [4.69, 9.17) is 0 Å². The first-order valence-electron chi connectivity index (χ1n) is 6.28. The van der Waals surface area contributed by atoms with Gasteiger partial charge in [-0.15, -0.1) is 11.3 Å². The van der Waals surface area contributed by atoms with E-state index in [0.29, 0.717) is 10.4 Å². The van der Waals surface area contributed by atoms with E-state index in [1.165, 1.54) is 18.4 Å². The van der Waals surface area contributed by atoms with Gasteiger partial charge in [-0.3, -0.25) is 9.59 Å². The summed E-state index contributed by atoms with van der Waals surface area (Å²) in [7, 11) is 1.36. The van der Waals surface area contributed by atoms with E-state index in [1.807, 2.05) is 32.0 Å². The van der Waals surface area contributed by atoms with Gasteiger partial charge >= 0.3 is 5.97 Å². The topological polar surface area (TPSA) is 43.4 Å². The number of hydrogen-bond acceptors (Lipinski definition) is 4. The van der Waals surface area contributed by atoms with Crippen LogP contribution < -0.4 is 0 Å². The third-order valence-corrected chi connectivity index (χ3v) is 4.00. The predicted molar refractivity (Wildman–Crippen MR) is 79.4 cm³/mol. The summed E-state index contributed by atoms with van der Waals surface area (Å²) < 4.78 is 4.62. The van der Waals surface area contributed by atoms with Crippen LogP contribution in [-0.2, 0) is 16.0 Å². The summed E-state index contributed by atoms with van der Waals surface area (Å²) in [5.74, 6) is -0.296. The molecule has 2 aromatic rings. The molecule has 0 saturated heterocycles. The molecule has 4 heteroatoms. The molecular weight excluding hydrogens is 272 g/mol. The molecule has 0 spiro atoms. The highest BCUT2D eigenvalue weighted by atomic mass is 32.1. The zero-order valence-electron chi connectivity index (χ0n) is 11.7. The van der Waals surface area contributed by atoms with Gasteiger partial charge in [0.05, 0.1) is 18.4 Å². The Bertz CT molecular complexity index is 635. The van der Waals surface area contributed by atoms with Gasteiger partial charge in [0.15, 0.2) is 0 Å². The number of ketones is 1. The standard InChI is InChI=1S/C16H16O3S/c1-10-6-11(2)8-12(7-10)16(18)14-5-4-13(20-14)9-15(17)19-3/h4-8H,9H2,1-3H3. The Morgan fingerprint density at radius 2 is 1.75 bits per heavy atom. The van der Waals surface area contributed by atoms with E-state index in [0.717, 1.165) is 16.0 Å². The van der Waals surface area contributed by atoms with Crippen LogP contribution in [-0.4, -0.2) is 18.9 Å². The SMILES string of the molecule is COC(=O)Cc1ccc(C(=O)c2cc(C)cc(C)c2)s1. The van der Waals surface area contributed by atoms with E-state index in [2.05, 4.69) is 4.74 Å². The largest absolute Gasteiger partial charge is 0.469 e. The fraction of sp³-hybridized carbons (Fsp3) is 0.250. The average Bonchev–Trinajstić information content (AvgIpc) is 2.85. The van der Waals surface area contributed by atoms with Crippen LogP contribution in [0.15, 0.2) is 30.3 Å². The molecule has 0 aliphatic carbocycles. The summed E-state index contributed by atoms with van der Waals surface area (Å²) in [6.45, 7) is 3.95. The molecule has 104 valence electrons. The molecule has 0 saturated carbocycles. The highest BCUT2D eigenvalue weighted by molar-refractivity contribution is 7.14. The maximum atomic E-state index is 12.4. The Balaban J connectivity index is 2.23. The summed E-state index contributed by atoms with van der Waals surface area (Å²) in [6.07, 6.45) is 0.210. The van der Waals surface area contributed by atoms with E-state index in [1.54, 1.807) is 12.1 Å². The summed E-state index contributed by atoms with van der Waals surface area (Å²) in [4.78, 5) is 25.1. The van der Waals surface area contributed by atoms with Gasteiger partial charge in [-0.25, -0.2) is 0 Å². The van der Waals surface area contributed by atoms with Gasteiger partial charge in [-0.2, -0.15) is 0 Å². The van der Waals surface area contributed by atoms with E-state index >= 15 is 0 Å². The number of rotatable bonds is 4. The maximum Gasteiger partial charge on any atom is 0.310 e. The highest BCUT2D eigenvalue weighted by Crippen LogP contribution is 2.22. The van der Waals surface area contributed by atoms with Crippen LogP contribution in [0.2, 0.25) is 0 Å². The fourth-order valence-electron chi connectivity index (χ4n) is 2.06. The predicted octanol–water partition coefficient (Wildman–Crippen LogP) is 3.31. The second-order valence-corrected chi connectivity index (χ2v) is 5.89. The summed E-state index contributed by atoms with van der Waals surface area (Å²) >= 11 is 1.34. The maximum absolute atomic E-state index is 12.4. The van der Waals surface area contributed by atoms with Crippen molar-refractivity contribution in [1.29, 1.82) is 0 Å². The first-order chi connectivity index (χ1) is 9.49. The lowest BCUT2D eigenvalue weighted by molar-refractivity contribution is -0.139. The van der Waals surface area contributed by atoms with Crippen LogP contribution in [0.3, 0.4) is 0 Å². The molecule has 0 N–H and O–H groups in total. The first kappa shape index (κ1) is 14.5. The van der Waals surface area contributed by atoms with Crippen molar-refractivity contribution in [3.05, 3.63) is 56.8 Å². The molecule has 0 radical (unpaired) electrons. The van der Waals surface area contributed by atoms with E-state index in [9.17, 15) is 9.59 Å². The molecule has 0 amide bonds. The monoisotopic (exact) mass is 288 g/mol. The Labute approximate surface area is 122 Å². The number of benzene rings is 1. The normalized spacial score (nSPS) is 10.3. The van der Waals surface area contributed by atoms with Crippen LogP contribution in [0, 0.1) is 13.8 Å². The smallest absolute Gasteiger partial charge is 0.310 e. The second kappa shape index (κ2) is 6.01. The van der Waals surface area contributed by atoms with Crippen LogP contribution in [0.1, 0.15) is 31.2 Å². The Morgan fingerprint density at radius 3 is 2.35 bits per heavy atom. The Kier molecular flexibility index (Phi) is 4.35. The number of hydrogen-bond donors (Lipinski definition) is 0. The number of carbonyl (C=O) groups excluding carboxylic acids is 2. The van der Waals surface area contributed by atoms with Crippen LogP contribution in [0.25, 0.3) is 0 Å². The van der Waals surface area contributed by atoms with Crippen molar-refractivity contribution >= 4 is 23.1 Å². The number of esters is 1. The third kappa shape index (κ3) is 3.33. The van der Waals surface area contributed by atoms with Crippen LogP contribution in [0.4, 0.5) is 0 Å². The van der Waals surface area contributed by atoms with Crippen molar-refractivity contribution in [1.82, 2.24) is 0 Å². The summed E-state index contributed by atoms with van der Waals surface area (Å²) in [5.41, 5.74) is 2.83. The molecule has 2 rings (SSSR count). The van der Waals surface area contributed by atoms with Gasteiger partial charge in [0.1, 0.15) is 0 Å². The molecule has 0 aliphatic heterocycles.